The highest BCUT2D eigenvalue weighted by Crippen LogP contribution is 2.29. The third kappa shape index (κ3) is 4.69. The lowest BCUT2D eigenvalue weighted by Gasteiger charge is -2.35. The Balaban J connectivity index is 1.64. The molecule has 0 spiro atoms. The highest BCUT2D eigenvalue weighted by molar-refractivity contribution is 7.90. The van der Waals surface area contributed by atoms with Gasteiger partial charge in [0.25, 0.3) is 0 Å². The number of hydrogen-bond acceptors (Lipinski definition) is 6. The zero-order valence-corrected chi connectivity index (χ0v) is 15.9. The molecule has 2 saturated heterocycles. The average Bonchev–Trinajstić information content (AvgIpc) is 2.95. The van der Waals surface area contributed by atoms with Crippen LogP contribution in [0.5, 0.6) is 0 Å². The first-order valence-corrected chi connectivity index (χ1v) is 10.8. The summed E-state index contributed by atoms with van der Waals surface area (Å²) in [5.74, 6) is -0.417. The summed E-state index contributed by atoms with van der Waals surface area (Å²) in [6.07, 6.45) is -0.322. The molecular weight excluding hydrogens is 373 g/mol. The topological polar surface area (TPSA) is 90.7 Å². The molecule has 7 nitrogen and oxygen atoms in total. The lowest BCUT2D eigenvalue weighted by molar-refractivity contribution is 0.151. The van der Waals surface area contributed by atoms with Crippen LogP contribution in [-0.4, -0.2) is 58.4 Å². The summed E-state index contributed by atoms with van der Waals surface area (Å²) in [6.45, 7) is 1.10. The fraction of sp³-hybridized carbons (Fsp3) is 0.556. The molecule has 3 atom stereocenters. The second-order valence-corrected chi connectivity index (χ2v) is 9.28. The number of halogens is 1. The zero-order chi connectivity index (χ0) is 19.6. The van der Waals surface area contributed by atoms with E-state index in [1.165, 1.54) is 4.90 Å². The Hall–Kier alpha value is -2.34. The van der Waals surface area contributed by atoms with Crippen LogP contribution in [0.3, 0.4) is 0 Å². The van der Waals surface area contributed by atoms with Gasteiger partial charge in [0.15, 0.2) is 9.84 Å². The Bertz CT molecular complexity index is 837. The van der Waals surface area contributed by atoms with E-state index in [4.69, 9.17) is 10.00 Å². The molecule has 0 aliphatic carbocycles. The van der Waals surface area contributed by atoms with E-state index in [9.17, 15) is 17.6 Å². The highest BCUT2D eigenvalue weighted by Gasteiger charge is 2.34. The molecule has 0 N–H and O–H groups in total. The first-order valence-electron chi connectivity index (χ1n) is 8.79. The van der Waals surface area contributed by atoms with Gasteiger partial charge in [-0.1, -0.05) is 0 Å². The maximum Gasteiger partial charge on any atom is 0.414 e. The van der Waals surface area contributed by atoms with Crippen LogP contribution in [0.1, 0.15) is 12.8 Å². The van der Waals surface area contributed by atoms with Crippen molar-refractivity contribution in [1.82, 2.24) is 0 Å². The summed E-state index contributed by atoms with van der Waals surface area (Å²) in [6, 6.07) is 9.14. The van der Waals surface area contributed by atoms with Crippen molar-refractivity contribution in [2.75, 3.05) is 41.4 Å². The Labute approximate surface area is 158 Å². The first-order chi connectivity index (χ1) is 12.8. The summed E-state index contributed by atoms with van der Waals surface area (Å²) in [5.41, 5.74) is 1.45. The van der Waals surface area contributed by atoms with Crippen molar-refractivity contribution in [2.24, 2.45) is 5.92 Å². The van der Waals surface area contributed by atoms with E-state index in [0.29, 0.717) is 18.7 Å². The number of hydrogen-bond donors (Lipinski definition) is 0. The normalized spacial score (nSPS) is 26.0. The quantitative estimate of drug-likeness (QED) is 0.759. The van der Waals surface area contributed by atoms with Crippen LogP contribution in [0.2, 0.25) is 0 Å². The van der Waals surface area contributed by atoms with Gasteiger partial charge in [-0.25, -0.2) is 17.6 Å². The third-order valence-electron chi connectivity index (χ3n) is 4.92. The monoisotopic (exact) mass is 395 g/mol. The fourth-order valence-corrected chi connectivity index (χ4v) is 4.38. The molecule has 2 unspecified atom stereocenters. The van der Waals surface area contributed by atoms with Crippen molar-refractivity contribution in [3.05, 3.63) is 24.3 Å². The standard InChI is InChI=1S/C18H22FN3O4S/c1-27(24,25)12-16-10-22(18(23)26-16)15-4-2-14(3-5-15)21-9-7-13(6-8-20)17(19)11-21/h2-5,13,16-17H,6-7,9-12H2,1H3/t13?,16-,17?/m1/s1. The number of piperidine rings is 1. The molecule has 2 fully saturated rings. The van der Waals surface area contributed by atoms with Crippen molar-refractivity contribution in [3.63, 3.8) is 0 Å². The predicted molar refractivity (Wildman–Crippen MR) is 99.2 cm³/mol. The van der Waals surface area contributed by atoms with Gasteiger partial charge >= 0.3 is 6.09 Å². The number of alkyl halides is 1. The lowest BCUT2D eigenvalue weighted by atomic mass is 9.92. The van der Waals surface area contributed by atoms with Gasteiger partial charge in [0.1, 0.15) is 12.3 Å². The van der Waals surface area contributed by atoms with Crippen molar-refractivity contribution >= 4 is 27.3 Å². The summed E-state index contributed by atoms with van der Waals surface area (Å²) in [5, 5.41) is 8.75. The molecule has 9 heteroatoms. The van der Waals surface area contributed by atoms with E-state index >= 15 is 0 Å². The average molecular weight is 395 g/mol. The smallest absolute Gasteiger partial charge is 0.414 e. The maximum absolute atomic E-state index is 14.2. The molecule has 0 bridgehead atoms. The van der Waals surface area contributed by atoms with Gasteiger partial charge in [0.2, 0.25) is 0 Å². The van der Waals surface area contributed by atoms with Gasteiger partial charge in [0, 0.05) is 43.1 Å². The molecule has 2 heterocycles. The number of anilines is 2. The number of amides is 1. The van der Waals surface area contributed by atoms with E-state index in [2.05, 4.69) is 0 Å². The SMILES string of the molecule is CS(=O)(=O)C[C@H]1CN(c2ccc(N3CCC(CC#N)C(F)C3)cc2)C(=O)O1. The molecule has 3 rings (SSSR count). The molecule has 0 radical (unpaired) electrons. The molecule has 1 aromatic carbocycles. The summed E-state index contributed by atoms with van der Waals surface area (Å²) >= 11 is 0. The van der Waals surface area contributed by atoms with Crippen molar-refractivity contribution in [1.29, 1.82) is 5.26 Å². The Morgan fingerprint density at radius 1 is 1.26 bits per heavy atom. The zero-order valence-electron chi connectivity index (χ0n) is 15.0. The molecule has 0 aromatic heterocycles. The second kappa shape index (κ2) is 7.72. The molecular formula is C18H22FN3O4S. The van der Waals surface area contributed by atoms with Gasteiger partial charge in [-0.3, -0.25) is 4.90 Å². The van der Waals surface area contributed by atoms with Crippen LogP contribution in [0.4, 0.5) is 20.6 Å². The van der Waals surface area contributed by atoms with Crippen LogP contribution < -0.4 is 9.80 Å². The Morgan fingerprint density at radius 2 is 1.93 bits per heavy atom. The fourth-order valence-electron chi connectivity index (χ4n) is 3.54. The number of sulfone groups is 1. The highest BCUT2D eigenvalue weighted by atomic mass is 32.2. The largest absolute Gasteiger partial charge is 0.443 e. The molecule has 2 aliphatic rings. The summed E-state index contributed by atoms with van der Waals surface area (Å²) in [4.78, 5) is 15.3. The second-order valence-electron chi connectivity index (χ2n) is 7.10. The molecule has 27 heavy (non-hydrogen) atoms. The van der Waals surface area contributed by atoms with E-state index in [1.54, 1.807) is 12.1 Å². The van der Waals surface area contributed by atoms with Gasteiger partial charge in [0.05, 0.1) is 18.4 Å². The minimum Gasteiger partial charge on any atom is -0.443 e. The van der Waals surface area contributed by atoms with E-state index in [-0.39, 0.29) is 31.2 Å². The minimum absolute atomic E-state index is 0.178. The number of rotatable bonds is 5. The number of nitriles is 1. The number of nitrogens with zero attached hydrogens (tertiary/aromatic N) is 3. The third-order valence-corrected chi connectivity index (χ3v) is 5.90. The maximum atomic E-state index is 14.2. The van der Waals surface area contributed by atoms with E-state index in [0.717, 1.165) is 11.9 Å². The van der Waals surface area contributed by atoms with Crippen molar-refractivity contribution in [3.8, 4) is 6.07 Å². The van der Waals surface area contributed by atoms with Gasteiger partial charge < -0.3 is 9.64 Å². The van der Waals surface area contributed by atoms with Crippen LogP contribution in [0.25, 0.3) is 0 Å². The Morgan fingerprint density at radius 3 is 2.52 bits per heavy atom. The van der Waals surface area contributed by atoms with Gasteiger partial charge in [-0.05, 0) is 30.7 Å². The molecule has 2 aliphatic heterocycles. The van der Waals surface area contributed by atoms with E-state index < -0.39 is 28.2 Å². The van der Waals surface area contributed by atoms with Crippen LogP contribution >= 0.6 is 0 Å². The number of ether oxygens (including phenoxy) is 1. The van der Waals surface area contributed by atoms with Crippen LogP contribution in [0.15, 0.2) is 24.3 Å². The number of benzene rings is 1. The number of carbonyl (C=O) groups excluding carboxylic acids is 1. The number of carbonyl (C=O) groups is 1. The predicted octanol–water partition coefficient (Wildman–Crippen LogP) is 2.13. The molecule has 0 saturated carbocycles. The summed E-state index contributed by atoms with van der Waals surface area (Å²) in [7, 11) is -3.24. The first kappa shape index (κ1) is 19.4. The van der Waals surface area contributed by atoms with Crippen LogP contribution in [0, 0.1) is 17.2 Å². The van der Waals surface area contributed by atoms with Crippen molar-refractivity contribution in [2.45, 2.75) is 25.1 Å². The van der Waals surface area contributed by atoms with Crippen LogP contribution in [-0.2, 0) is 14.6 Å². The summed E-state index contributed by atoms with van der Waals surface area (Å²) < 4.78 is 42.1. The number of cyclic esters (lactones) is 1. The molecule has 1 aromatic rings. The molecule has 146 valence electrons. The Kier molecular flexibility index (Phi) is 5.56. The molecule has 1 amide bonds. The van der Waals surface area contributed by atoms with Gasteiger partial charge in [-0.15, -0.1) is 0 Å². The van der Waals surface area contributed by atoms with Gasteiger partial charge in [-0.2, -0.15) is 5.26 Å². The van der Waals surface area contributed by atoms with E-state index in [1.807, 2.05) is 23.1 Å². The van der Waals surface area contributed by atoms with Crippen molar-refractivity contribution < 1.29 is 22.3 Å². The minimum atomic E-state index is -3.24. The lowest BCUT2D eigenvalue weighted by Crippen LogP contribution is -2.41.